The third kappa shape index (κ3) is 6.73. The van der Waals surface area contributed by atoms with Crippen LogP contribution in [-0.2, 0) is 0 Å². The van der Waals surface area contributed by atoms with E-state index in [0.717, 1.165) is 50.5 Å². The second-order valence-corrected chi connectivity index (χ2v) is 8.51. The molecule has 0 heterocycles. The molecule has 0 radical (unpaired) electrons. The summed E-state index contributed by atoms with van der Waals surface area (Å²) in [5.74, 6) is 0.586. The number of amides is 2. The van der Waals surface area contributed by atoms with Crippen LogP contribution in [0.4, 0.5) is 4.79 Å². The molecule has 2 aromatic carbocycles. The molecule has 0 aromatic heterocycles. The first-order valence-electron chi connectivity index (χ1n) is 11.6. The number of aliphatic hydroxyl groups is 1. The number of rotatable bonds is 12. The average Bonchev–Trinajstić information content (AvgIpc) is 2.76. The maximum absolute atomic E-state index is 13.0. The molecule has 2 amide bonds. The summed E-state index contributed by atoms with van der Waals surface area (Å²) in [5.41, 5.74) is 1.15. The highest BCUT2D eigenvalue weighted by Gasteiger charge is 2.21. The van der Waals surface area contributed by atoms with Gasteiger partial charge in [0, 0.05) is 19.7 Å². The Morgan fingerprint density at radius 3 is 2.47 bits per heavy atom. The zero-order valence-corrected chi connectivity index (χ0v) is 19.2. The predicted octanol–water partition coefficient (Wildman–Crippen LogP) is 6.29. The van der Waals surface area contributed by atoms with Crippen molar-refractivity contribution < 1.29 is 9.90 Å². The fourth-order valence-corrected chi connectivity index (χ4v) is 4.40. The molecular weight excluding hydrogens is 372 g/mol. The maximum Gasteiger partial charge on any atom is 0.317 e. The number of carbonyl (C=O) groups is 1. The van der Waals surface area contributed by atoms with Gasteiger partial charge >= 0.3 is 6.03 Å². The van der Waals surface area contributed by atoms with E-state index in [1.165, 1.54) is 10.8 Å². The van der Waals surface area contributed by atoms with Gasteiger partial charge in [0.2, 0.25) is 0 Å². The summed E-state index contributed by atoms with van der Waals surface area (Å²) < 4.78 is 0. The van der Waals surface area contributed by atoms with Crippen molar-refractivity contribution in [1.82, 2.24) is 10.2 Å². The Balaban J connectivity index is 1.98. The summed E-state index contributed by atoms with van der Waals surface area (Å²) in [5, 5.41) is 14.8. The first kappa shape index (κ1) is 24.2. The number of nitrogens with zero attached hydrogens (tertiary/aromatic N) is 1. The summed E-state index contributed by atoms with van der Waals surface area (Å²) >= 11 is 0. The van der Waals surface area contributed by atoms with E-state index in [1.54, 1.807) is 0 Å². The molecule has 2 rings (SSSR count). The third-order valence-corrected chi connectivity index (χ3v) is 6.38. The second kappa shape index (κ2) is 12.6. The van der Waals surface area contributed by atoms with E-state index >= 15 is 0 Å². The Bertz CT molecular complexity index is 771. The Labute approximate surface area is 182 Å². The molecule has 30 heavy (non-hydrogen) atoms. The molecule has 4 heteroatoms. The Morgan fingerprint density at radius 2 is 1.77 bits per heavy atom. The van der Waals surface area contributed by atoms with E-state index in [0.29, 0.717) is 5.92 Å². The predicted molar refractivity (Wildman–Crippen MR) is 127 cm³/mol. The van der Waals surface area contributed by atoms with E-state index < -0.39 is 0 Å². The molecule has 0 bridgehead atoms. The van der Waals surface area contributed by atoms with Gasteiger partial charge in [0.15, 0.2) is 0 Å². The highest BCUT2D eigenvalue weighted by molar-refractivity contribution is 5.86. The number of carbonyl (C=O) groups excluding carboxylic acids is 1. The van der Waals surface area contributed by atoms with Crippen molar-refractivity contribution in [1.29, 1.82) is 0 Å². The number of nitrogens with one attached hydrogen (secondary N) is 1. The molecule has 3 unspecified atom stereocenters. The van der Waals surface area contributed by atoms with Crippen LogP contribution in [0.25, 0.3) is 10.8 Å². The van der Waals surface area contributed by atoms with Crippen LogP contribution in [0, 0.1) is 5.92 Å². The Hall–Kier alpha value is -2.07. The number of aliphatic hydroxyl groups excluding tert-OH is 1. The average molecular weight is 413 g/mol. The lowest BCUT2D eigenvalue weighted by molar-refractivity contribution is 0.177. The monoisotopic (exact) mass is 412 g/mol. The summed E-state index contributed by atoms with van der Waals surface area (Å²) in [7, 11) is 1.93. The van der Waals surface area contributed by atoms with E-state index in [9.17, 15) is 9.90 Å². The van der Waals surface area contributed by atoms with Crippen LogP contribution in [0.3, 0.4) is 0 Å². The minimum Gasteiger partial charge on any atom is -0.396 e. The molecular formula is C26H40N2O2. The van der Waals surface area contributed by atoms with Crippen molar-refractivity contribution in [3.8, 4) is 0 Å². The van der Waals surface area contributed by atoms with Gasteiger partial charge in [-0.1, -0.05) is 82.0 Å². The van der Waals surface area contributed by atoms with E-state index in [1.807, 2.05) is 24.1 Å². The van der Waals surface area contributed by atoms with E-state index in [4.69, 9.17) is 0 Å². The highest BCUT2D eigenvalue weighted by atomic mass is 16.3. The minimum atomic E-state index is -0.0534. The van der Waals surface area contributed by atoms with Crippen LogP contribution in [0.1, 0.15) is 77.3 Å². The number of hydrogen-bond donors (Lipinski definition) is 2. The van der Waals surface area contributed by atoms with Gasteiger partial charge in [-0.3, -0.25) is 0 Å². The number of benzene rings is 2. The van der Waals surface area contributed by atoms with Gasteiger partial charge in [0.25, 0.3) is 0 Å². The number of hydrogen-bond acceptors (Lipinski definition) is 2. The van der Waals surface area contributed by atoms with Crippen molar-refractivity contribution >= 4 is 16.8 Å². The van der Waals surface area contributed by atoms with Crippen molar-refractivity contribution in [2.45, 2.75) is 77.8 Å². The molecule has 2 N–H and O–H groups in total. The molecule has 0 fully saturated rings. The van der Waals surface area contributed by atoms with Crippen molar-refractivity contribution in [2.24, 2.45) is 5.92 Å². The molecule has 0 aliphatic heterocycles. The second-order valence-electron chi connectivity index (χ2n) is 8.51. The van der Waals surface area contributed by atoms with Crippen molar-refractivity contribution in [2.75, 3.05) is 13.7 Å². The molecule has 3 atom stereocenters. The largest absolute Gasteiger partial charge is 0.396 e. The summed E-state index contributed by atoms with van der Waals surface area (Å²) in [6, 6.07) is 14.8. The summed E-state index contributed by atoms with van der Waals surface area (Å²) in [6.07, 6.45) is 7.31. The normalized spacial score (nSPS) is 14.3. The van der Waals surface area contributed by atoms with Crippen molar-refractivity contribution in [3.63, 3.8) is 0 Å². The molecule has 4 nitrogen and oxygen atoms in total. The molecule has 0 aliphatic carbocycles. The first-order valence-corrected chi connectivity index (χ1v) is 11.6. The molecule has 0 saturated heterocycles. The van der Waals surface area contributed by atoms with Gasteiger partial charge in [-0.05, 0) is 48.4 Å². The standard InChI is InChI=1S/C26H40N2O2/c1-5-11-23(15-9-12-21(6-2)18-19-29)28(4)26(30)27-20(3)24-17-10-14-22-13-7-8-16-25(22)24/h7-8,10,13-14,16-17,20-21,23,29H,5-6,9,11-12,15,18-19H2,1-4H3,(H,27,30). The quantitative estimate of drug-likeness (QED) is 0.430. The molecule has 0 spiro atoms. The van der Waals surface area contributed by atoms with Gasteiger partial charge in [0.1, 0.15) is 0 Å². The lowest BCUT2D eigenvalue weighted by Gasteiger charge is -2.30. The molecule has 166 valence electrons. The Morgan fingerprint density at radius 1 is 1.03 bits per heavy atom. The molecule has 0 aliphatic rings. The fourth-order valence-electron chi connectivity index (χ4n) is 4.40. The topological polar surface area (TPSA) is 52.6 Å². The third-order valence-electron chi connectivity index (χ3n) is 6.38. The zero-order chi connectivity index (χ0) is 21.9. The van der Waals surface area contributed by atoms with Crippen LogP contribution in [-0.4, -0.2) is 35.7 Å². The van der Waals surface area contributed by atoms with Gasteiger partial charge < -0.3 is 15.3 Å². The zero-order valence-electron chi connectivity index (χ0n) is 19.2. The summed E-state index contributed by atoms with van der Waals surface area (Å²) in [4.78, 5) is 14.9. The smallest absolute Gasteiger partial charge is 0.317 e. The first-order chi connectivity index (χ1) is 14.5. The number of urea groups is 1. The lowest BCUT2D eigenvalue weighted by atomic mass is 9.93. The van der Waals surface area contributed by atoms with E-state index in [-0.39, 0.29) is 24.7 Å². The SMILES string of the molecule is CCCC(CCCC(CC)CCO)N(C)C(=O)NC(C)c1cccc2ccccc12. The summed E-state index contributed by atoms with van der Waals surface area (Å²) in [6.45, 7) is 6.70. The van der Waals surface area contributed by atoms with Gasteiger partial charge in [-0.2, -0.15) is 0 Å². The fraction of sp³-hybridized carbons (Fsp3) is 0.577. The van der Waals surface area contributed by atoms with E-state index in [2.05, 4.69) is 56.4 Å². The van der Waals surface area contributed by atoms with Crippen LogP contribution in [0.2, 0.25) is 0 Å². The Kier molecular flexibility index (Phi) is 10.2. The van der Waals surface area contributed by atoms with Gasteiger partial charge in [-0.25, -0.2) is 4.79 Å². The van der Waals surface area contributed by atoms with Crippen LogP contribution in [0.5, 0.6) is 0 Å². The van der Waals surface area contributed by atoms with Crippen LogP contribution >= 0.6 is 0 Å². The van der Waals surface area contributed by atoms with Gasteiger partial charge in [0.05, 0.1) is 6.04 Å². The minimum absolute atomic E-state index is 0.00344. The molecule has 0 saturated carbocycles. The van der Waals surface area contributed by atoms with Crippen molar-refractivity contribution in [3.05, 3.63) is 48.0 Å². The maximum atomic E-state index is 13.0. The van der Waals surface area contributed by atoms with Crippen LogP contribution in [0.15, 0.2) is 42.5 Å². The van der Waals surface area contributed by atoms with Crippen LogP contribution < -0.4 is 5.32 Å². The highest BCUT2D eigenvalue weighted by Crippen LogP contribution is 2.25. The number of fused-ring (bicyclic) bond motifs is 1. The van der Waals surface area contributed by atoms with Gasteiger partial charge in [-0.15, -0.1) is 0 Å². The molecule has 2 aromatic rings. The lowest BCUT2D eigenvalue weighted by Crippen LogP contribution is -2.44.